The van der Waals surface area contributed by atoms with Crippen molar-refractivity contribution in [3.63, 3.8) is 0 Å². The predicted octanol–water partition coefficient (Wildman–Crippen LogP) is 4.60. The maximum absolute atomic E-state index is 12.3. The molecule has 134 valence electrons. The number of benzene rings is 2. The highest BCUT2D eigenvalue weighted by atomic mass is 32.2. The quantitative estimate of drug-likeness (QED) is 0.602. The van der Waals surface area contributed by atoms with Gasteiger partial charge in [0.05, 0.1) is 11.4 Å². The number of H-pyrrole nitrogens is 1. The first-order chi connectivity index (χ1) is 12.7. The van der Waals surface area contributed by atoms with Crippen LogP contribution in [0.2, 0.25) is 0 Å². The number of anilines is 1. The van der Waals surface area contributed by atoms with E-state index in [1.54, 1.807) is 0 Å². The van der Waals surface area contributed by atoms with E-state index in [2.05, 4.69) is 34.3 Å². The largest absolute Gasteiger partial charge is 0.337 e. The molecule has 3 rings (SSSR count). The van der Waals surface area contributed by atoms with Crippen LogP contribution in [-0.4, -0.2) is 21.6 Å². The first-order valence-corrected chi connectivity index (χ1v) is 9.74. The molecule has 0 aliphatic rings. The van der Waals surface area contributed by atoms with Gasteiger partial charge in [-0.2, -0.15) is 0 Å². The fourth-order valence-electron chi connectivity index (χ4n) is 2.77. The van der Waals surface area contributed by atoms with Gasteiger partial charge in [0.25, 0.3) is 0 Å². The minimum atomic E-state index is -0.0189. The van der Waals surface area contributed by atoms with E-state index in [1.807, 2.05) is 49.4 Å². The molecule has 0 bridgehead atoms. The number of carbonyl (C=O) groups is 1. The fraction of sp³-hybridized carbons (Fsp3) is 0.238. The summed E-state index contributed by atoms with van der Waals surface area (Å²) < 4.78 is 0. The molecule has 3 aromatic rings. The number of amides is 1. The van der Waals surface area contributed by atoms with Gasteiger partial charge in [-0.05, 0) is 30.5 Å². The molecule has 0 atom stereocenters. The Morgan fingerprint density at radius 1 is 1.12 bits per heavy atom. The van der Waals surface area contributed by atoms with E-state index >= 15 is 0 Å². The lowest BCUT2D eigenvalue weighted by molar-refractivity contribution is -0.113. The molecule has 1 heterocycles. The van der Waals surface area contributed by atoms with Crippen molar-refractivity contribution in [3.8, 4) is 0 Å². The second-order valence-electron chi connectivity index (χ2n) is 6.12. The van der Waals surface area contributed by atoms with Gasteiger partial charge in [0.15, 0.2) is 5.16 Å². The third-order valence-corrected chi connectivity index (χ3v) is 5.06. The number of carbonyl (C=O) groups excluding carboxylic acids is 1. The van der Waals surface area contributed by atoms with Crippen LogP contribution in [0.15, 0.2) is 59.8 Å². The molecule has 0 spiro atoms. The van der Waals surface area contributed by atoms with Gasteiger partial charge in [-0.25, -0.2) is 4.98 Å². The van der Waals surface area contributed by atoms with Gasteiger partial charge >= 0.3 is 0 Å². The summed E-state index contributed by atoms with van der Waals surface area (Å²) >= 11 is 1.43. The number of nitrogens with one attached hydrogen (secondary N) is 2. The minimum Gasteiger partial charge on any atom is -0.337 e. The Bertz CT molecular complexity index is 874. The first-order valence-electron chi connectivity index (χ1n) is 8.75. The first kappa shape index (κ1) is 18.3. The van der Waals surface area contributed by atoms with Crippen molar-refractivity contribution in [2.24, 2.45) is 0 Å². The van der Waals surface area contributed by atoms with Crippen molar-refractivity contribution in [2.45, 2.75) is 31.8 Å². The third-order valence-electron chi connectivity index (χ3n) is 4.19. The zero-order valence-corrected chi connectivity index (χ0v) is 15.9. The van der Waals surface area contributed by atoms with Crippen LogP contribution in [0.3, 0.4) is 0 Å². The average molecular weight is 366 g/mol. The van der Waals surface area contributed by atoms with Gasteiger partial charge in [-0.15, -0.1) is 0 Å². The third kappa shape index (κ3) is 4.76. The number of nitrogens with zero attached hydrogens (tertiary/aromatic N) is 1. The van der Waals surface area contributed by atoms with Gasteiger partial charge in [0.1, 0.15) is 0 Å². The zero-order valence-electron chi connectivity index (χ0n) is 15.1. The van der Waals surface area contributed by atoms with E-state index < -0.39 is 0 Å². The van der Waals surface area contributed by atoms with Crippen LogP contribution < -0.4 is 5.32 Å². The highest BCUT2D eigenvalue weighted by Crippen LogP contribution is 2.20. The van der Waals surface area contributed by atoms with Gasteiger partial charge in [-0.1, -0.05) is 67.2 Å². The van der Waals surface area contributed by atoms with Gasteiger partial charge in [0, 0.05) is 17.8 Å². The van der Waals surface area contributed by atoms with Crippen LogP contribution in [0.25, 0.3) is 0 Å². The maximum atomic E-state index is 12.3. The second-order valence-corrected chi connectivity index (χ2v) is 7.09. The van der Waals surface area contributed by atoms with Crippen molar-refractivity contribution < 1.29 is 4.79 Å². The molecule has 0 aliphatic carbocycles. The Kier molecular flexibility index (Phi) is 6.12. The molecular weight excluding hydrogens is 342 g/mol. The van der Waals surface area contributed by atoms with Crippen molar-refractivity contribution in [1.82, 2.24) is 9.97 Å². The summed E-state index contributed by atoms with van der Waals surface area (Å²) in [6.07, 6.45) is 1.68. The Balaban J connectivity index is 1.58. The molecule has 2 aromatic carbocycles. The number of rotatable bonds is 7. The molecule has 0 saturated carbocycles. The van der Waals surface area contributed by atoms with Gasteiger partial charge < -0.3 is 10.3 Å². The van der Waals surface area contributed by atoms with E-state index in [-0.39, 0.29) is 5.91 Å². The second kappa shape index (κ2) is 8.72. The summed E-state index contributed by atoms with van der Waals surface area (Å²) in [6, 6.07) is 18.2. The molecule has 0 fully saturated rings. The molecule has 5 heteroatoms. The minimum absolute atomic E-state index is 0.0189. The van der Waals surface area contributed by atoms with Crippen LogP contribution in [0.5, 0.6) is 0 Å². The number of thioether (sulfide) groups is 1. The summed E-state index contributed by atoms with van der Waals surface area (Å²) in [5.74, 6) is 0.310. The van der Waals surface area contributed by atoms with Gasteiger partial charge in [0.2, 0.25) is 5.91 Å². The van der Waals surface area contributed by atoms with Crippen LogP contribution in [0.4, 0.5) is 5.69 Å². The Hall–Kier alpha value is -2.53. The molecule has 1 amide bonds. The predicted molar refractivity (Wildman–Crippen MR) is 108 cm³/mol. The fourth-order valence-corrected chi connectivity index (χ4v) is 3.51. The standard InChI is InChI=1S/C21H23N3OS/c1-3-17-11-7-8-12-18(17)23-20(25)14-26-21-22-15(2)19(24-21)13-16-9-5-4-6-10-16/h4-12H,3,13-14H2,1-2H3,(H,22,24)(H,23,25). The zero-order chi connectivity index (χ0) is 18.4. The van der Waals surface area contributed by atoms with Crippen molar-refractivity contribution in [3.05, 3.63) is 77.1 Å². The molecule has 2 N–H and O–H groups in total. The number of imidazole rings is 1. The van der Waals surface area contributed by atoms with E-state index in [1.165, 1.54) is 17.3 Å². The number of aryl methyl sites for hydroxylation is 2. The highest BCUT2D eigenvalue weighted by molar-refractivity contribution is 7.99. The summed E-state index contributed by atoms with van der Waals surface area (Å²) in [7, 11) is 0. The van der Waals surface area contributed by atoms with Crippen LogP contribution in [0, 0.1) is 6.92 Å². The number of para-hydroxylation sites is 1. The molecule has 26 heavy (non-hydrogen) atoms. The monoisotopic (exact) mass is 365 g/mol. The SMILES string of the molecule is CCc1ccccc1NC(=O)CSc1nc(Cc2ccccc2)c(C)[nH]1. The summed E-state index contributed by atoms with van der Waals surface area (Å²) in [6.45, 7) is 4.10. The summed E-state index contributed by atoms with van der Waals surface area (Å²) in [5.41, 5.74) is 5.34. The molecular formula is C21H23N3OS. The Morgan fingerprint density at radius 3 is 2.62 bits per heavy atom. The van der Waals surface area contributed by atoms with Gasteiger partial charge in [-0.3, -0.25) is 4.79 Å². The molecule has 4 nitrogen and oxygen atoms in total. The molecule has 0 radical (unpaired) electrons. The topological polar surface area (TPSA) is 57.8 Å². The number of aromatic nitrogens is 2. The van der Waals surface area contributed by atoms with Crippen molar-refractivity contribution in [2.75, 3.05) is 11.1 Å². The van der Waals surface area contributed by atoms with E-state index in [9.17, 15) is 4.79 Å². The van der Waals surface area contributed by atoms with E-state index in [0.29, 0.717) is 5.75 Å². The average Bonchev–Trinajstić information content (AvgIpc) is 3.01. The van der Waals surface area contributed by atoms with E-state index in [4.69, 9.17) is 0 Å². The molecule has 0 unspecified atom stereocenters. The lowest BCUT2D eigenvalue weighted by Gasteiger charge is -2.08. The smallest absolute Gasteiger partial charge is 0.234 e. The highest BCUT2D eigenvalue weighted by Gasteiger charge is 2.11. The molecule has 0 saturated heterocycles. The lowest BCUT2D eigenvalue weighted by atomic mass is 10.1. The number of aromatic amines is 1. The molecule has 1 aromatic heterocycles. The summed E-state index contributed by atoms with van der Waals surface area (Å²) in [5, 5.41) is 3.78. The normalized spacial score (nSPS) is 10.7. The van der Waals surface area contributed by atoms with Crippen molar-refractivity contribution in [1.29, 1.82) is 0 Å². The van der Waals surface area contributed by atoms with Crippen molar-refractivity contribution >= 4 is 23.4 Å². The Morgan fingerprint density at radius 2 is 1.85 bits per heavy atom. The molecule has 0 aliphatic heterocycles. The number of hydrogen-bond acceptors (Lipinski definition) is 3. The van der Waals surface area contributed by atoms with Crippen LogP contribution in [-0.2, 0) is 17.6 Å². The lowest BCUT2D eigenvalue weighted by Crippen LogP contribution is -2.15. The van der Waals surface area contributed by atoms with E-state index in [0.717, 1.165) is 40.6 Å². The Labute approximate surface area is 158 Å². The summed E-state index contributed by atoms with van der Waals surface area (Å²) in [4.78, 5) is 20.2. The number of hydrogen-bond donors (Lipinski definition) is 2. The van der Waals surface area contributed by atoms with Crippen LogP contribution >= 0.6 is 11.8 Å². The maximum Gasteiger partial charge on any atom is 0.234 e. The van der Waals surface area contributed by atoms with Crippen LogP contribution in [0.1, 0.15) is 29.4 Å².